The van der Waals surface area contributed by atoms with Crippen LogP contribution in [-0.2, 0) is 16.9 Å². The zero-order valence-electron chi connectivity index (χ0n) is 14.5. The summed E-state index contributed by atoms with van der Waals surface area (Å²) in [4.78, 5) is 0. The summed E-state index contributed by atoms with van der Waals surface area (Å²) in [5.74, 6) is 0. The summed E-state index contributed by atoms with van der Waals surface area (Å²) in [6.45, 7) is 4.86. The second-order valence-electron chi connectivity index (χ2n) is 7.00. The van der Waals surface area contributed by atoms with Gasteiger partial charge in [-0.2, -0.15) is 5.26 Å². The first-order valence-corrected chi connectivity index (χ1v) is 8.33. The molecule has 1 unspecified atom stereocenters. The number of nitrogens with two attached hydrogens (primary N) is 1. The molecule has 0 saturated heterocycles. The smallest absolute Gasteiger partial charge is 0.0717 e. The molecule has 2 aromatic rings. The highest BCUT2D eigenvalue weighted by atomic mass is 16.5. The van der Waals surface area contributed by atoms with Gasteiger partial charge in [-0.3, -0.25) is 0 Å². The Balaban J connectivity index is 2.07. The quantitative estimate of drug-likeness (QED) is 0.784. The van der Waals surface area contributed by atoms with Gasteiger partial charge in [-0.05, 0) is 37.8 Å². The lowest BCUT2D eigenvalue weighted by Gasteiger charge is -2.32. The first-order chi connectivity index (χ1) is 11.5. The highest BCUT2D eigenvalue weighted by Crippen LogP contribution is 2.31. The van der Waals surface area contributed by atoms with E-state index in [1.165, 1.54) is 0 Å². The largest absolute Gasteiger partial charge is 0.375 e. The van der Waals surface area contributed by atoms with Crippen molar-refractivity contribution in [3.8, 4) is 6.07 Å². The molecule has 1 atom stereocenters. The van der Waals surface area contributed by atoms with E-state index < -0.39 is 11.0 Å². The van der Waals surface area contributed by atoms with Gasteiger partial charge >= 0.3 is 0 Å². The van der Waals surface area contributed by atoms with Crippen LogP contribution in [0.4, 0.5) is 0 Å². The Labute approximate surface area is 145 Å². The summed E-state index contributed by atoms with van der Waals surface area (Å²) in [5.41, 5.74) is 7.91. The van der Waals surface area contributed by atoms with Crippen LogP contribution in [0.15, 0.2) is 60.7 Å². The minimum Gasteiger partial charge on any atom is -0.375 e. The molecule has 0 aliphatic carbocycles. The zero-order chi connectivity index (χ0) is 17.5. The van der Waals surface area contributed by atoms with E-state index in [-0.39, 0.29) is 0 Å². The fourth-order valence-electron chi connectivity index (χ4n) is 2.59. The third-order valence-electron chi connectivity index (χ3n) is 4.32. The summed E-state index contributed by atoms with van der Waals surface area (Å²) in [6.07, 6.45) is 1.43. The zero-order valence-corrected chi connectivity index (χ0v) is 14.5. The fraction of sp³-hybridized carbons (Fsp3) is 0.381. The van der Waals surface area contributed by atoms with Crippen LogP contribution in [0.1, 0.15) is 37.8 Å². The number of hydrogen-bond acceptors (Lipinski definition) is 3. The lowest BCUT2D eigenvalue weighted by molar-refractivity contribution is 0.0647. The summed E-state index contributed by atoms with van der Waals surface area (Å²) < 4.78 is 5.93. The highest BCUT2D eigenvalue weighted by Gasteiger charge is 2.30. The molecule has 0 heterocycles. The van der Waals surface area contributed by atoms with Gasteiger partial charge in [0.25, 0.3) is 0 Å². The number of ether oxygens (including phenoxy) is 1. The normalized spacial score (nSPS) is 13.9. The molecule has 0 saturated carbocycles. The van der Waals surface area contributed by atoms with Crippen LogP contribution in [-0.4, -0.2) is 6.61 Å². The Bertz CT molecular complexity index is 661. The van der Waals surface area contributed by atoms with Crippen LogP contribution in [0.3, 0.4) is 0 Å². The maximum Gasteiger partial charge on any atom is 0.0717 e. The first-order valence-electron chi connectivity index (χ1n) is 8.33. The number of rotatable bonds is 8. The Morgan fingerprint density at radius 3 is 2.12 bits per heavy atom. The van der Waals surface area contributed by atoms with Gasteiger partial charge in [0, 0.05) is 0 Å². The molecule has 3 nitrogen and oxygen atoms in total. The van der Waals surface area contributed by atoms with Crippen molar-refractivity contribution in [3.63, 3.8) is 0 Å². The Kier molecular flexibility index (Phi) is 6.14. The Morgan fingerprint density at radius 1 is 0.958 bits per heavy atom. The van der Waals surface area contributed by atoms with E-state index >= 15 is 0 Å². The minimum absolute atomic E-state index is 0.390. The van der Waals surface area contributed by atoms with Crippen molar-refractivity contribution in [2.24, 2.45) is 11.1 Å². The van der Waals surface area contributed by atoms with Crippen LogP contribution < -0.4 is 5.73 Å². The molecule has 3 heteroatoms. The first kappa shape index (κ1) is 18.2. The van der Waals surface area contributed by atoms with Crippen molar-refractivity contribution in [1.29, 1.82) is 5.26 Å². The molecular weight excluding hydrogens is 296 g/mol. The van der Waals surface area contributed by atoms with Crippen molar-refractivity contribution < 1.29 is 4.74 Å². The third-order valence-corrected chi connectivity index (χ3v) is 4.32. The van der Waals surface area contributed by atoms with Crippen LogP contribution >= 0.6 is 0 Å². The van der Waals surface area contributed by atoms with Crippen LogP contribution in [0.5, 0.6) is 0 Å². The molecule has 24 heavy (non-hydrogen) atoms. The van der Waals surface area contributed by atoms with Crippen molar-refractivity contribution in [2.75, 3.05) is 6.61 Å². The number of benzene rings is 2. The number of hydrogen-bond donors (Lipinski definition) is 1. The van der Waals surface area contributed by atoms with E-state index in [1.54, 1.807) is 0 Å². The molecule has 2 aromatic carbocycles. The standard InChI is InChI=1S/C21H26N2O/c1-20(2,16-22)13-14-21(23,19-11-7-4-8-12-19)17-24-15-18-9-5-3-6-10-18/h3-12H,13-15,17,23H2,1-2H3. The van der Waals surface area contributed by atoms with Gasteiger partial charge in [-0.1, -0.05) is 60.7 Å². The van der Waals surface area contributed by atoms with Gasteiger partial charge < -0.3 is 10.5 Å². The molecule has 0 aromatic heterocycles. The molecule has 0 radical (unpaired) electrons. The van der Waals surface area contributed by atoms with Crippen LogP contribution in [0, 0.1) is 16.7 Å². The van der Waals surface area contributed by atoms with Crippen LogP contribution in [0.2, 0.25) is 0 Å². The number of nitriles is 1. The average Bonchev–Trinajstić information content (AvgIpc) is 2.62. The van der Waals surface area contributed by atoms with E-state index in [4.69, 9.17) is 10.5 Å². The summed E-state index contributed by atoms with van der Waals surface area (Å²) in [7, 11) is 0. The van der Waals surface area contributed by atoms with Gasteiger partial charge in [0.2, 0.25) is 0 Å². The predicted molar refractivity (Wildman–Crippen MR) is 97.0 cm³/mol. The van der Waals surface area contributed by atoms with Gasteiger partial charge in [0.05, 0.1) is 30.2 Å². The van der Waals surface area contributed by atoms with Crippen molar-refractivity contribution >= 4 is 0 Å². The summed E-state index contributed by atoms with van der Waals surface area (Å²) in [5, 5.41) is 9.26. The molecule has 0 amide bonds. The Morgan fingerprint density at radius 2 is 1.54 bits per heavy atom. The minimum atomic E-state index is -0.593. The average molecular weight is 322 g/mol. The lowest BCUT2D eigenvalue weighted by Crippen LogP contribution is -2.42. The lowest BCUT2D eigenvalue weighted by atomic mass is 9.80. The van der Waals surface area contributed by atoms with Crippen molar-refractivity contribution in [3.05, 3.63) is 71.8 Å². The molecule has 2 rings (SSSR count). The van der Waals surface area contributed by atoms with E-state index in [2.05, 4.69) is 6.07 Å². The molecule has 126 valence electrons. The van der Waals surface area contributed by atoms with E-state index in [9.17, 15) is 5.26 Å². The molecule has 0 aliphatic heterocycles. The number of nitrogens with zero attached hydrogens (tertiary/aromatic N) is 1. The molecule has 0 spiro atoms. The monoisotopic (exact) mass is 322 g/mol. The topological polar surface area (TPSA) is 59.0 Å². The molecule has 2 N–H and O–H groups in total. The summed E-state index contributed by atoms with van der Waals surface area (Å²) in [6, 6.07) is 22.5. The predicted octanol–water partition coefficient (Wildman–Crippen LogP) is 4.39. The highest BCUT2D eigenvalue weighted by molar-refractivity contribution is 5.24. The van der Waals surface area contributed by atoms with Crippen molar-refractivity contribution in [2.45, 2.75) is 38.8 Å². The maximum absolute atomic E-state index is 9.26. The van der Waals surface area contributed by atoms with E-state index in [1.807, 2.05) is 74.5 Å². The van der Waals surface area contributed by atoms with E-state index in [0.717, 1.165) is 17.5 Å². The third kappa shape index (κ3) is 5.19. The molecule has 0 aliphatic rings. The SMILES string of the molecule is CC(C)(C#N)CCC(N)(COCc1ccccc1)c1ccccc1. The summed E-state index contributed by atoms with van der Waals surface area (Å²) >= 11 is 0. The van der Waals surface area contributed by atoms with Crippen LogP contribution in [0.25, 0.3) is 0 Å². The van der Waals surface area contributed by atoms with Crippen molar-refractivity contribution in [1.82, 2.24) is 0 Å². The Hall–Kier alpha value is -2.15. The van der Waals surface area contributed by atoms with Gasteiger partial charge in [0.15, 0.2) is 0 Å². The molecule has 0 bridgehead atoms. The van der Waals surface area contributed by atoms with E-state index in [0.29, 0.717) is 19.6 Å². The second kappa shape index (κ2) is 8.10. The van der Waals surface area contributed by atoms with Gasteiger partial charge in [0.1, 0.15) is 0 Å². The maximum atomic E-state index is 9.26. The molecule has 0 fully saturated rings. The van der Waals surface area contributed by atoms with Gasteiger partial charge in [-0.15, -0.1) is 0 Å². The molecular formula is C21H26N2O. The fourth-order valence-corrected chi connectivity index (χ4v) is 2.59. The van der Waals surface area contributed by atoms with Gasteiger partial charge in [-0.25, -0.2) is 0 Å². The second-order valence-corrected chi connectivity index (χ2v) is 7.00.